The van der Waals surface area contributed by atoms with Gasteiger partial charge in [-0.2, -0.15) is 0 Å². The lowest BCUT2D eigenvalue weighted by Crippen LogP contribution is -2.44. The van der Waals surface area contributed by atoms with Crippen molar-refractivity contribution in [1.82, 2.24) is 10.3 Å². The van der Waals surface area contributed by atoms with Gasteiger partial charge in [0.05, 0.1) is 0 Å². The van der Waals surface area contributed by atoms with Gasteiger partial charge in [-0.05, 0) is 52.7 Å². The van der Waals surface area contributed by atoms with Crippen LogP contribution in [-0.4, -0.2) is 16.6 Å². The average Bonchev–Trinajstić information content (AvgIpc) is 3.07. The van der Waals surface area contributed by atoms with Gasteiger partial charge in [-0.25, -0.2) is 9.78 Å². The molecule has 0 radical (unpaired) electrons. The molecule has 1 aliphatic rings. The summed E-state index contributed by atoms with van der Waals surface area (Å²) in [6.07, 6.45) is 1.58. The third kappa shape index (κ3) is 4.24. The topological polar surface area (TPSA) is 51.2 Å². The molecule has 1 aliphatic carbocycles. The average molecular weight is 331 g/mol. The number of pyridine rings is 1. The molecule has 0 aliphatic heterocycles. The lowest BCUT2D eigenvalue weighted by Gasteiger charge is -2.32. The molecule has 1 saturated carbocycles. The number of alkyl carbamates (subject to hydrolysis) is 1. The van der Waals surface area contributed by atoms with Gasteiger partial charge in [0.1, 0.15) is 15.9 Å². The highest BCUT2D eigenvalue weighted by atomic mass is 35.5. The molecule has 0 aromatic carbocycles. The van der Waals surface area contributed by atoms with Gasteiger partial charge in [0, 0.05) is 17.0 Å². The molecule has 1 atom stereocenters. The van der Waals surface area contributed by atoms with Crippen molar-refractivity contribution in [3.05, 3.63) is 28.0 Å². The number of carbonyl (C=O) groups is 1. The third-order valence-electron chi connectivity index (χ3n) is 3.47. The van der Waals surface area contributed by atoms with Crippen molar-refractivity contribution >= 4 is 29.3 Å². The van der Waals surface area contributed by atoms with Gasteiger partial charge in [-0.3, -0.25) is 0 Å². The second-order valence-corrected chi connectivity index (χ2v) is 7.42. The van der Waals surface area contributed by atoms with Crippen LogP contribution >= 0.6 is 23.2 Å². The first kappa shape index (κ1) is 16.4. The van der Waals surface area contributed by atoms with Crippen LogP contribution in [0.25, 0.3) is 0 Å². The van der Waals surface area contributed by atoms with Crippen LogP contribution in [0.4, 0.5) is 4.79 Å². The molecular weight excluding hydrogens is 311 g/mol. The highest BCUT2D eigenvalue weighted by molar-refractivity contribution is 6.32. The van der Waals surface area contributed by atoms with Crippen molar-refractivity contribution in [3.63, 3.8) is 0 Å². The normalized spacial score (nSPS) is 18.0. The van der Waals surface area contributed by atoms with E-state index in [1.54, 1.807) is 12.1 Å². The Balaban J connectivity index is 2.26. The molecule has 1 aromatic rings. The molecule has 1 N–H and O–H groups in total. The number of nitrogens with zero attached hydrogens (tertiary/aromatic N) is 1. The van der Waals surface area contributed by atoms with Crippen LogP contribution in [0.1, 0.15) is 46.1 Å². The van der Waals surface area contributed by atoms with Crippen molar-refractivity contribution in [2.45, 2.75) is 51.7 Å². The standard InChI is InChI=1S/C15H20Cl2N2O2/c1-14(2,3)19-13(20)21-15(4,9-5-6-9)10-7-11(16)18-12(17)8-10/h7-9H,5-6H2,1-4H3,(H,19,20). The first-order valence-corrected chi connectivity index (χ1v) is 7.70. The lowest BCUT2D eigenvalue weighted by atomic mass is 9.91. The fourth-order valence-electron chi connectivity index (χ4n) is 2.29. The van der Waals surface area contributed by atoms with Crippen LogP contribution in [0.15, 0.2) is 12.1 Å². The monoisotopic (exact) mass is 330 g/mol. The van der Waals surface area contributed by atoms with Crippen LogP contribution < -0.4 is 5.32 Å². The molecule has 1 heterocycles. The number of halogens is 2. The van der Waals surface area contributed by atoms with Gasteiger partial charge >= 0.3 is 6.09 Å². The molecule has 116 valence electrons. The van der Waals surface area contributed by atoms with E-state index >= 15 is 0 Å². The molecule has 1 fully saturated rings. The number of ether oxygens (including phenoxy) is 1. The quantitative estimate of drug-likeness (QED) is 0.828. The van der Waals surface area contributed by atoms with Crippen LogP contribution in [0, 0.1) is 5.92 Å². The Hall–Kier alpha value is -1.00. The van der Waals surface area contributed by atoms with E-state index in [-0.39, 0.29) is 11.5 Å². The maximum absolute atomic E-state index is 12.1. The summed E-state index contributed by atoms with van der Waals surface area (Å²) in [5.41, 5.74) is -0.320. The molecule has 4 nitrogen and oxygen atoms in total. The molecule has 1 amide bonds. The van der Waals surface area contributed by atoms with E-state index in [0.717, 1.165) is 18.4 Å². The number of hydrogen-bond acceptors (Lipinski definition) is 3. The van der Waals surface area contributed by atoms with Gasteiger partial charge in [-0.1, -0.05) is 23.2 Å². The van der Waals surface area contributed by atoms with Gasteiger partial charge in [0.15, 0.2) is 0 Å². The number of carbonyl (C=O) groups excluding carboxylic acids is 1. The zero-order valence-electron chi connectivity index (χ0n) is 12.7. The van der Waals surface area contributed by atoms with E-state index in [1.807, 2.05) is 27.7 Å². The summed E-state index contributed by atoms with van der Waals surface area (Å²) >= 11 is 11.9. The maximum atomic E-state index is 12.1. The van der Waals surface area contributed by atoms with Crippen LogP contribution in [0.5, 0.6) is 0 Å². The molecule has 1 aromatic heterocycles. The van der Waals surface area contributed by atoms with E-state index in [0.29, 0.717) is 10.3 Å². The summed E-state index contributed by atoms with van der Waals surface area (Å²) in [5, 5.41) is 3.40. The highest BCUT2D eigenvalue weighted by Crippen LogP contribution is 2.48. The molecule has 1 unspecified atom stereocenters. The van der Waals surface area contributed by atoms with E-state index in [9.17, 15) is 4.79 Å². The first-order valence-electron chi connectivity index (χ1n) is 6.95. The van der Waals surface area contributed by atoms with E-state index in [4.69, 9.17) is 27.9 Å². The molecule has 2 rings (SSSR count). The molecule has 6 heteroatoms. The van der Waals surface area contributed by atoms with Crippen LogP contribution in [0.2, 0.25) is 10.3 Å². The minimum Gasteiger partial charge on any atom is -0.438 e. The highest BCUT2D eigenvalue weighted by Gasteiger charge is 2.46. The molecule has 21 heavy (non-hydrogen) atoms. The van der Waals surface area contributed by atoms with E-state index < -0.39 is 11.7 Å². The second kappa shape index (κ2) is 5.65. The Morgan fingerprint density at radius 2 is 1.76 bits per heavy atom. The van der Waals surface area contributed by atoms with Crippen molar-refractivity contribution in [2.24, 2.45) is 5.92 Å². The minimum atomic E-state index is -0.744. The third-order valence-corrected chi connectivity index (χ3v) is 3.86. The van der Waals surface area contributed by atoms with Crippen molar-refractivity contribution in [1.29, 1.82) is 0 Å². The zero-order valence-corrected chi connectivity index (χ0v) is 14.2. The smallest absolute Gasteiger partial charge is 0.408 e. The maximum Gasteiger partial charge on any atom is 0.408 e. The number of aromatic nitrogens is 1. The summed E-state index contributed by atoms with van der Waals surface area (Å²) in [6, 6.07) is 3.41. The fourth-order valence-corrected chi connectivity index (χ4v) is 2.75. The molecule has 0 bridgehead atoms. The molecule has 0 saturated heterocycles. The summed E-state index contributed by atoms with van der Waals surface area (Å²) in [6.45, 7) is 7.61. The van der Waals surface area contributed by atoms with Crippen LogP contribution in [-0.2, 0) is 10.3 Å². The van der Waals surface area contributed by atoms with Gasteiger partial charge in [0.2, 0.25) is 0 Å². The minimum absolute atomic E-state index is 0.276. The zero-order chi connectivity index (χ0) is 15.8. The van der Waals surface area contributed by atoms with Gasteiger partial charge in [0.25, 0.3) is 0 Å². The number of rotatable bonds is 3. The number of nitrogens with one attached hydrogen (secondary N) is 1. The Labute approximate surface area is 135 Å². The van der Waals surface area contributed by atoms with Gasteiger partial charge < -0.3 is 10.1 Å². The predicted molar refractivity (Wildman–Crippen MR) is 83.7 cm³/mol. The Kier molecular flexibility index (Phi) is 4.41. The van der Waals surface area contributed by atoms with Crippen molar-refractivity contribution in [2.75, 3.05) is 0 Å². The first-order chi connectivity index (χ1) is 9.60. The Morgan fingerprint density at radius 1 is 1.24 bits per heavy atom. The van der Waals surface area contributed by atoms with Crippen molar-refractivity contribution in [3.8, 4) is 0 Å². The lowest BCUT2D eigenvalue weighted by molar-refractivity contribution is 0.000783. The Morgan fingerprint density at radius 3 is 2.19 bits per heavy atom. The van der Waals surface area contributed by atoms with Crippen molar-refractivity contribution < 1.29 is 9.53 Å². The largest absolute Gasteiger partial charge is 0.438 e. The number of amides is 1. The fraction of sp³-hybridized carbons (Fsp3) is 0.600. The molecule has 0 spiro atoms. The van der Waals surface area contributed by atoms with E-state index in [2.05, 4.69) is 10.3 Å². The predicted octanol–water partition coefficient (Wildman–Crippen LogP) is 4.54. The summed E-state index contributed by atoms with van der Waals surface area (Å²) in [7, 11) is 0. The summed E-state index contributed by atoms with van der Waals surface area (Å²) < 4.78 is 5.74. The number of hydrogen-bond donors (Lipinski definition) is 1. The van der Waals surface area contributed by atoms with E-state index in [1.165, 1.54) is 0 Å². The SMILES string of the molecule is CC(C)(C)NC(=O)OC(C)(c1cc(Cl)nc(Cl)c1)C1CC1. The second-order valence-electron chi connectivity index (χ2n) is 6.65. The Bertz CT molecular complexity index is 533. The summed E-state index contributed by atoms with van der Waals surface area (Å²) in [5.74, 6) is 0.276. The van der Waals surface area contributed by atoms with Gasteiger partial charge in [-0.15, -0.1) is 0 Å². The summed E-state index contributed by atoms with van der Waals surface area (Å²) in [4.78, 5) is 16.1. The van der Waals surface area contributed by atoms with Crippen LogP contribution in [0.3, 0.4) is 0 Å². The molecular formula is C15H20Cl2N2O2.